The topological polar surface area (TPSA) is 56.3 Å². The van der Waals surface area contributed by atoms with E-state index < -0.39 is 0 Å². The third-order valence-electron chi connectivity index (χ3n) is 2.54. The fourth-order valence-electron chi connectivity index (χ4n) is 1.66. The highest BCUT2D eigenvalue weighted by Gasteiger charge is 2.14. The van der Waals surface area contributed by atoms with Crippen LogP contribution in [0, 0.1) is 0 Å². The maximum atomic E-state index is 5.57. The first kappa shape index (κ1) is 11.1. The Balaban J connectivity index is 1.83. The summed E-state index contributed by atoms with van der Waals surface area (Å²) in [5.74, 6) is 1.16. The van der Waals surface area contributed by atoms with Crippen LogP contribution in [-0.2, 0) is 4.74 Å². The van der Waals surface area contributed by atoms with E-state index in [0.29, 0.717) is 18.4 Å². The first-order valence-corrected chi connectivity index (χ1v) is 5.63. The summed E-state index contributed by atoms with van der Waals surface area (Å²) >= 11 is 0. The minimum atomic E-state index is 0.210. The summed E-state index contributed by atoms with van der Waals surface area (Å²) in [5, 5.41) is 2.87. The van der Waals surface area contributed by atoms with E-state index in [9.17, 15) is 0 Å². The smallest absolute Gasteiger partial charge is 0.225 e. The largest absolute Gasteiger partial charge is 0.475 e. The second-order valence-electron chi connectivity index (χ2n) is 3.77. The monoisotopic (exact) mass is 223 g/mol. The van der Waals surface area contributed by atoms with Gasteiger partial charge in [-0.05, 0) is 19.3 Å². The molecule has 5 heteroatoms. The van der Waals surface area contributed by atoms with Crippen molar-refractivity contribution >= 4 is 5.95 Å². The highest BCUT2D eigenvalue weighted by Crippen LogP contribution is 2.14. The molecule has 1 aromatic heterocycles. The van der Waals surface area contributed by atoms with Crippen LogP contribution in [0.3, 0.4) is 0 Å². The zero-order valence-corrected chi connectivity index (χ0v) is 9.48. The van der Waals surface area contributed by atoms with Crippen molar-refractivity contribution in [3.63, 3.8) is 0 Å². The van der Waals surface area contributed by atoms with Gasteiger partial charge in [-0.3, -0.25) is 0 Å². The van der Waals surface area contributed by atoms with Gasteiger partial charge in [-0.2, -0.15) is 4.98 Å². The summed E-state index contributed by atoms with van der Waals surface area (Å²) in [4.78, 5) is 8.19. The highest BCUT2D eigenvalue weighted by molar-refractivity contribution is 5.25. The number of ether oxygens (including phenoxy) is 2. The number of nitrogens with zero attached hydrogens (tertiary/aromatic N) is 2. The third kappa shape index (κ3) is 3.06. The summed E-state index contributed by atoms with van der Waals surface area (Å²) < 4.78 is 11.1. The average Bonchev–Trinajstić information content (AvgIpc) is 2.38. The Labute approximate surface area is 95.2 Å². The van der Waals surface area contributed by atoms with Gasteiger partial charge in [0.1, 0.15) is 6.61 Å². The molecule has 0 spiro atoms. The number of aromatic nitrogens is 2. The molecule has 0 bridgehead atoms. The molecule has 1 N–H and O–H groups in total. The minimum absolute atomic E-state index is 0.210. The lowest BCUT2D eigenvalue weighted by Crippen LogP contribution is -2.26. The van der Waals surface area contributed by atoms with Crippen molar-refractivity contribution in [3.8, 4) is 5.88 Å². The van der Waals surface area contributed by atoms with Gasteiger partial charge >= 0.3 is 0 Å². The van der Waals surface area contributed by atoms with Crippen molar-refractivity contribution in [2.24, 2.45) is 0 Å². The van der Waals surface area contributed by atoms with E-state index in [1.807, 2.05) is 0 Å². The van der Waals surface area contributed by atoms with Gasteiger partial charge in [-0.1, -0.05) is 0 Å². The number of anilines is 1. The van der Waals surface area contributed by atoms with E-state index in [0.717, 1.165) is 19.4 Å². The summed E-state index contributed by atoms with van der Waals surface area (Å²) in [6, 6.07) is 1.75. The Bertz CT molecular complexity index is 327. The standard InChI is InChI=1S/C11H17N3O2/c1-12-11-13-6-5-10(14-11)16-8-9-4-2-3-7-15-9/h5-6,9H,2-4,7-8H2,1H3,(H,12,13,14). The number of hydrogen-bond acceptors (Lipinski definition) is 5. The lowest BCUT2D eigenvalue weighted by Gasteiger charge is -2.22. The summed E-state index contributed by atoms with van der Waals surface area (Å²) in [6.45, 7) is 1.42. The van der Waals surface area contributed by atoms with Gasteiger partial charge in [0.15, 0.2) is 0 Å². The third-order valence-corrected chi connectivity index (χ3v) is 2.54. The summed E-state index contributed by atoms with van der Waals surface area (Å²) in [5.41, 5.74) is 0. The molecule has 88 valence electrons. The maximum absolute atomic E-state index is 5.57. The van der Waals surface area contributed by atoms with Gasteiger partial charge in [0.05, 0.1) is 6.10 Å². The molecule has 1 unspecified atom stereocenters. The van der Waals surface area contributed by atoms with Crippen LogP contribution in [0.25, 0.3) is 0 Å². The molecule has 2 rings (SSSR count). The number of hydrogen-bond donors (Lipinski definition) is 1. The SMILES string of the molecule is CNc1nccc(OCC2CCCCO2)n1. The first-order valence-electron chi connectivity index (χ1n) is 5.63. The molecule has 0 radical (unpaired) electrons. The molecule has 1 aliphatic rings. The molecular formula is C11H17N3O2. The van der Waals surface area contributed by atoms with Crippen LogP contribution in [0.1, 0.15) is 19.3 Å². The van der Waals surface area contributed by atoms with E-state index in [1.165, 1.54) is 6.42 Å². The molecule has 16 heavy (non-hydrogen) atoms. The van der Waals surface area contributed by atoms with Crippen LogP contribution in [-0.4, -0.2) is 36.3 Å². The predicted molar refractivity (Wildman–Crippen MR) is 60.7 cm³/mol. The molecule has 1 saturated heterocycles. The Morgan fingerprint density at radius 1 is 1.56 bits per heavy atom. The molecular weight excluding hydrogens is 206 g/mol. The Morgan fingerprint density at radius 3 is 3.25 bits per heavy atom. The van der Waals surface area contributed by atoms with Crippen molar-refractivity contribution in [3.05, 3.63) is 12.3 Å². The maximum Gasteiger partial charge on any atom is 0.225 e. The molecule has 1 aromatic rings. The quantitative estimate of drug-likeness (QED) is 0.837. The summed E-state index contributed by atoms with van der Waals surface area (Å²) in [7, 11) is 1.78. The van der Waals surface area contributed by atoms with E-state index in [1.54, 1.807) is 19.3 Å². The average molecular weight is 223 g/mol. The zero-order valence-electron chi connectivity index (χ0n) is 9.48. The van der Waals surface area contributed by atoms with Crippen molar-refractivity contribution in [2.75, 3.05) is 25.6 Å². The molecule has 1 aliphatic heterocycles. The Morgan fingerprint density at radius 2 is 2.50 bits per heavy atom. The second-order valence-corrected chi connectivity index (χ2v) is 3.77. The van der Waals surface area contributed by atoms with E-state index in [2.05, 4.69) is 15.3 Å². The van der Waals surface area contributed by atoms with Crippen molar-refractivity contribution < 1.29 is 9.47 Å². The van der Waals surface area contributed by atoms with Crippen molar-refractivity contribution in [2.45, 2.75) is 25.4 Å². The number of nitrogens with one attached hydrogen (secondary N) is 1. The molecule has 5 nitrogen and oxygen atoms in total. The fraction of sp³-hybridized carbons (Fsp3) is 0.636. The molecule has 0 amide bonds. The molecule has 1 atom stereocenters. The van der Waals surface area contributed by atoms with E-state index in [-0.39, 0.29) is 6.10 Å². The summed E-state index contributed by atoms with van der Waals surface area (Å²) in [6.07, 6.45) is 5.34. The molecule has 0 aromatic carbocycles. The van der Waals surface area contributed by atoms with Gasteiger partial charge in [0, 0.05) is 25.9 Å². The van der Waals surface area contributed by atoms with Crippen molar-refractivity contribution in [1.82, 2.24) is 9.97 Å². The normalized spacial score (nSPS) is 20.4. The van der Waals surface area contributed by atoms with Crippen LogP contribution in [0.15, 0.2) is 12.3 Å². The molecule has 2 heterocycles. The molecule has 1 fully saturated rings. The van der Waals surface area contributed by atoms with Gasteiger partial charge in [0.2, 0.25) is 11.8 Å². The number of rotatable bonds is 4. The molecule has 0 aliphatic carbocycles. The van der Waals surface area contributed by atoms with Crippen LogP contribution in [0.5, 0.6) is 5.88 Å². The Hall–Kier alpha value is -1.36. The van der Waals surface area contributed by atoms with Crippen molar-refractivity contribution in [1.29, 1.82) is 0 Å². The highest BCUT2D eigenvalue weighted by atomic mass is 16.5. The van der Waals surface area contributed by atoms with Crippen LogP contribution < -0.4 is 10.1 Å². The van der Waals surface area contributed by atoms with Crippen LogP contribution >= 0.6 is 0 Å². The van der Waals surface area contributed by atoms with Crippen LogP contribution in [0.2, 0.25) is 0 Å². The van der Waals surface area contributed by atoms with Crippen LogP contribution in [0.4, 0.5) is 5.95 Å². The van der Waals surface area contributed by atoms with E-state index in [4.69, 9.17) is 9.47 Å². The Kier molecular flexibility index (Phi) is 3.93. The zero-order chi connectivity index (χ0) is 11.2. The van der Waals surface area contributed by atoms with Gasteiger partial charge in [0.25, 0.3) is 0 Å². The van der Waals surface area contributed by atoms with E-state index >= 15 is 0 Å². The predicted octanol–water partition coefficient (Wildman–Crippen LogP) is 1.47. The minimum Gasteiger partial charge on any atom is -0.475 e. The fourth-order valence-corrected chi connectivity index (χ4v) is 1.66. The van der Waals surface area contributed by atoms with Gasteiger partial charge < -0.3 is 14.8 Å². The lowest BCUT2D eigenvalue weighted by atomic mass is 10.1. The second kappa shape index (κ2) is 5.65. The van der Waals surface area contributed by atoms with Gasteiger partial charge in [-0.15, -0.1) is 0 Å². The first-order chi connectivity index (χ1) is 7.88. The lowest BCUT2D eigenvalue weighted by molar-refractivity contribution is -0.0119. The van der Waals surface area contributed by atoms with Gasteiger partial charge in [-0.25, -0.2) is 4.98 Å². The molecule has 0 saturated carbocycles.